The van der Waals surface area contributed by atoms with E-state index < -0.39 is 0 Å². The number of nitrogens with zero attached hydrogens (tertiary/aromatic N) is 2. The van der Waals surface area contributed by atoms with Crippen molar-refractivity contribution in [2.75, 3.05) is 30.5 Å². The van der Waals surface area contributed by atoms with Crippen molar-refractivity contribution in [1.82, 2.24) is 0 Å². The number of para-hydroxylation sites is 1. The van der Waals surface area contributed by atoms with Gasteiger partial charge >= 0.3 is 0 Å². The van der Waals surface area contributed by atoms with Gasteiger partial charge in [0.25, 0.3) is 0 Å². The molecular formula is C28H28N2O3. The maximum Gasteiger partial charge on any atom is 0.231 e. The Morgan fingerprint density at radius 3 is 2.58 bits per heavy atom. The van der Waals surface area contributed by atoms with Crippen LogP contribution in [0.3, 0.4) is 0 Å². The number of hydrogen-bond donors (Lipinski definition) is 0. The quantitative estimate of drug-likeness (QED) is 0.388. The summed E-state index contributed by atoms with van der Waals surface area (Å²) in [6, 6.07) is 23.9. The largest absolute Gasteiger partial charge is 0.497 e. The molecule has 5 heteroatoms. The molecule has 0 bridgehead atoms. The van der Waals surface area contributed by atoms with Crippen molar-refractivity contribution in [3.63, 3.8) is 0 Å². The molecule has 3 aromatic carbocycles. The first kappa shape index (κ1) is 22.3. The van der Waals surface area contributed by atoms with Gasteiger partial charge in [-0.2, -0.15) is 0 Å². The van der Waals surface area contributed by atoms with Crippen molar-refractivity contribution in [1.29, 1.82) is 0 Å². The average Bonchev–Trinajstić information content (AvgIpc) is 2.87. The predicted molar refractivity (Wildman–Crippen MR) is 133 cm³/mol. The summed E-state index contributed by atoms with van der Waals surface area (Å²) < 4.78 is 5.25. The van der Waals surface area contributed by atoms with Crippen LogP contribution in [0.1, 0.15) is 23.1 Å². The first-order valence-corrected chi connectivity index (χ1v) is 11.1. The molecule has 3 aromatic rings. The van der Waals surface area contributed by atoms with E-state index >= 15 is 0 Å². The second-order valence-electron chi connectivity index (χ2n) is 8.17. The highest BCUT2D eigenvalue weighted by Gasteiger charge is 2.19. The smallest absolute Gasteiger partial charge is 0.231 e. The van der Waals surface area contributed by atoms with Gasteiger partial charge in [-0.1, -0.05) is 48.5 Å². The minimum Gasteiger partial charge on any atom is -0.497 e. The highest BCUT2D eigenvalue weighted by Crippen LogP contribution is 2.29. The van der Waals surface area contributed by atoms with Crippen LogP contribution in [0.15, 0.2) is 78.4 Å². The Morgan fingerprint density at radius 1 is 1.03 bits per heavy atom. The summed E-state index contributed by atoms with van der Waals surface area (Å²) in [5.74, 6) is 0.515. The average molecular weight is 441 g/mol. The lowest BCUT2D eigenvalue weighted by atomic mass is 9.98. The third-order valence-corrected chi connectivity index (χ3v) is 6.07. The molecule has 0 spiro atoms. The van der Waals surface area contributed by atoms with E-state index in [0.29, 0.717) is 11.3 Å². The van der Waals surface area contributed by atoms with E-state index in [1.807, 2.05) is 42.5 Å². The predicted octanol–water partition coefficient (Wildman–Crippen LogP) is 4.89. The number of fused-ring (bicyclic) bond motifs is 1. The summed E-state index contributed by atoms with van der Waals surface area (Å²) in [5.41, 5.74) is 5.89. The standard InChI is InChI=1S/C28H28N2O3/c1-29(25-11-7-12-26(18-25)33-2)28(32)17-21(20-31)16-23-9-5-6-13-27(23)30-15-14-22-8-3-4-10-24(22)19-30/h3-13,16,18,20H,14-15,17,19H2,1-2H3/b21-16+. The first-order valence-electron chi connectivity index (χ1n) is 11.1. The monoisotopic (exact) mass is 440 g/mol. The Kier molecular flexibility index (Phi) is 6.89. The topological polar surface area (TPSA) is 49.9 Å². The maximum atomic E-state index is 12.9. The molecule has 1 amide bonds. The molecule has 0 atom stereocenters. The van der Waals surface area contributed by atoms with Crippen molar-refractivity contribution >= 4 is 29.6 Å². The normalized spacial score (nSPS) is 13.3. The van der Waals surface area contributed by atoms with Gasteiger partial charge in [-0.3, -0.25) is 9.59 Å². The molecule has 0 unspecified atom stereocenters. The summed E-state index contributed by atoms with van der Waals surface area (Å²) in [4.78, 5) is 28.7. The molecule has 168 valence electrons. The molecule has 0 aromatic heterocycles. The Bertz CT molecular complexity index is 1190. The molecule has 0 radical (unpaired) electrons. The van der Waals surface area contributed by atoms with Gasteiger partial charge in [0.2, 0.25) is 5.91 Å². The molecule has 0 fully saturated rings. The second-order valence-corrected chi connectivity index (χ2v) is 8.17. The highest BCUT2D eigenvalue weighted by molar-refractivity contribution is 6.00. The summed E-state index contributed by atoms with van der Waals surface area (Å²) >= 11 is 0. The number of hydrogen-bond acceptors (Lipinski definition) is 4. The van der Waals surface area contributed by atoms with Gasteiger partial charge in [0.15, 0.2) is 0 Å². The van der Waals surface area contributed by atoms with Crippen LogP contribution in [-0.2, 0) is 22.6 Å². The van der Waals surface area contributed by atoms with E-state index in [-0.39, 0.29) is 12.3 Å². The van der Waals surface area contributed by atoms with Gasteiger partial charge in [-0.15, -0.1) is 0 Å². The number of benzene rings is 3. The zero-order valence-electron chi connectivity index (χ0n) is 19.0. The molecule has 0 saturated carbocycles. The van der Waals surface area contributed by atoms with Crippen molar-refractivity contribution < 1.29 is 14.3 Å². The van der Waals surface area contributed by atoms with Crippen LogP contribution in [-0.4, -0.2) is 32.9 Å². The van der Waals surface area contributed by atoms with Crippen molar-refractivity contribution in [2.24, 2.45) is 0 Å². The van der Waals surface area contributed by atoms with E-state index in [4.69, 9.17) is 4.74 Å². The summed E-state index contributed by atoms with van der Waals surface area (Å²) in [7, 11) is 3.30. The number of aldehydes is 1. The maximum absolute atomic E-state index is 12.9. The number of carbonyl (C=O) groups excluding carboxylic acids is 2. The van der Waals surface area contributed by atoms with Gasteiger partial charge in [0.1, 0.15) is 12.0 Å². The Hall–Kier alpha value is -3.86. The molecule has 0 aliphatic carbocycles. The summed E-state index contributed by atoms with van der Waals surface area (Å²) in [6.45, 7) is 1.74. The number of anilines is 2. The highest BCUT2D eigenvalue weighted by atomic mass is 16.5. The van der Waals surface area contributed by atoms with Crippen LogP contribution < -0.4 is 14.5 Å². The third kappa shape index (κ3) is 5.14. The van der Waals surface area contributed by atoms with Crippen LogP contribution in [0.5, 0.6) is 5.75 Å². The molecule has 1 heterocycles. The fraction of sp³-hybridized carbons (Fsp3) is 0.214. The minimum atomic E-state index is -0.161. The summed E-state index contributed by atoms with van der Waals surface area (Å²) in [5, 5.41) is 0. The number of rotatable bonds is 7. The second kappa shape index (κ2) is 10.2. The van der Waals surface area contributed by atoms with Crippen LogP contribution in [0.25, 0.3) is 6.08 Å². The van der Waals surface area contributed by atoms with Gasteiger partial charge in [0, 0.05) is 43.2 Å². The van der Waals surface area contributed by atoms with Gasteiger partial charge in [-0.25, -0.2) is 0 Å². The lowest BCUT2D eigenvalue weighted by molar-refractivity contribution is -0.118. The van der Waals surface area contributed by atoms with E-state index in [2.05, 4.69) is 35.2 Å². The number of ether oxygens (including phenoxy) is 1. The van der Waals surface area contributed by atoms with Gasteiger partial charge in [-0.05, 0) is 47.4 Å². The van der Waals surface area contributed by atoms with Gasteiger partial charge in [0.05, 0.1) is 13.5 Å². The first-order chi connectivity index (χ1) is 16.1. The molecule has 1 aliphatic heterocycles. The van der Waals surface area contributed by atoms with E-state index in [1.165, 1.54) is 11.1 Å². The molecular weight excluding hydrogens is 412 g/mol. The Balaban J connectivity index is 1.54. The van der Waals surface area contributed by atoms with Crippen LogP contribution >= 0.6 is 0 Å². The Morgan fingerprint density at radius 2 is 1.79 bits per heavy atom. The van der Waals surface area contributed by atoms with E-state index in [1.54, 1.807) is 25.1 Å². The molecule has 5 nitrogen and oxygen atoms in total. The minimum absolute atomic E-state index is 0.0222. The zero-order valence-corrected chi connectivity index (χ0v) is 19.0. The summed E-state index contributed by atoms with van der Waals surface area (Å²) in [6.07, 6.45) is 3.62. The number of amides is 1. The molecule has 1 aliphatic rings. The zero-order chi connectivity index (χ0) is 23.2. The van der Waals surface area contributed by atoms with Gasteiger partial charge < -0.3 is 14.5 Å². The molecule has 33 heavy (non-hydrogen) atoms. The van der Waals surface area contributed by atoms with E-state index in [0.717, 1.165) is 42.7 Å². The third-order valence-electron chi connectivity index (χ3n) is 6.07. The van der Waals surface area contributed by atoms with E-state index in [9.17, 15) is 9.59 Å². The lowest BCUT2D eigenvalue weighted by Gasteiger charge is -2.32. The van der Waals surface area contributed by atoms with Crippen molar-refractivity contribution in [2.45, 2.75) is 19.4 Å². The number of methoxy groups -OCH3 is 1. The number of carbonyl (C=O) groups is 2. The lowest BCUT2D eigenvalue weighted by Crippen LogP contribution is -2.30. The van der Waals surface area contributed by atoms with Crippen molar-refractivity contribution in [3.8, 4) is 5.75 Å². The van der Waals surface area contributed by atoms with Crippen LogP contribution in [0.4, 0.5) is 11.4 Å². The fourth-order valence-corrected chi connectivity index (χ4v) is 4.18. The Labute approximate surface area is 194 Å². The molecule has 4 rings (SSSR count). The molecule has 0 saturated heterocycles. The van der Waals surface area contributed by atoms with Crippen LogP contribution in [0, 0.1) is 0 Å². The van der Waals surface area contributed by atoms with Crippen LogP contribution in [0.2, 0.25) is 0 Å². The fourth-order valence-electron chi connectivity index (χ4n) is 4.18. The molecule has 0 N–H and O–H groups in total. The SMILES string of the molecule is COc1cccc(N(C)C(=O)C/C(C=O)=C\c2ccccc2N2CCc3ccccc3C2)c1. The van der Waals surface area contributed by atoms with Crippen molar-refractivity contribution in [3.05, 3.63) is 95.1 Å².